The van der Waals surface area contributed by atoms with Gasteiger partial charge in [-0.25, -0.2) is 15.0 Å². The summed E-state index contributed by atoms with van der Waals surface area (Å²) >= 11 is 0. The second-order valence-electron chi connectivity index (χ2n) is 5.05. The topological polar surface area (TPSA) is 64.7 Å². The van der Waals surface area contributed by atoms with Crippen LogP contribution >= 0.6 is 0 Å². The molecule has 1 aromatic carbocycles. The van der Waals surface area contributed by atoms with Gasteiger partial charge >= 0.3 is 0 Å². The fourth-order valence-corrected chi connectivity index (χ4v) is 1.87. The molecule has 4 nitrogen and oxygen atoms in total. The molecule has 0 amide bonds. The highest BCUT2D eigenvalue weighted by molar-refractivity contribution is 5.39. The predicted molar refractivity (Wildman–Crippen MR) is 76.9 cm³/mol. The van der Waals surface area contributed by atoms with Crippen LogP contribution in [0, 0.1) is 6.92 Å². The number of hydrogen-bond donors (Lipinski definition) is 1. The van der Waals surface area contributed by atoms with Crippen molar-refractivity contribution in [2.75, 3.05) is 5.73 Å². The van der Waals surface area contributed by atoms with Crippen molar-refractivity contribution in [1.82, 2.24) is 15.0 Å². The Morgan fingerprint density at radius 2 is 1.68 bits per heavy atom. The zero-order valence-electron chi connectivity index (χ0n) is 11.7. The molecular weight excluding hydrogens is 236 g/mol. The van der Waals surface area contributed by atoms with Crippen molar-refractivity contribution in [3.8, 4) is 0 Å². The molecule has 1 heterocycles. The Kier molecular flexibility index (Phi) is 4.10. The lowest BCUT2D eigenvalue weighted by molar-refractivity contribution is 0.709. The molecule has 2 aromatic rings. The molecular formula is C15H20N4. The number of rotatable bonds is 4. The van der Waals surface area contributed by atoms with E-state index in [9.17, 15) is 0 Å². The summed E-state index contributed by atoms with van der Waals surface area (Å²) < 4.78 is 0. The molecule has 0 aliphatic rings. The maximum Gasteiger partial charge on any atom is 0.135 e. The van der Waals surface area contributed by atoms with E-state index in [1.54, 1.807) is 0 Å². The van der Waals surface area contributed by atoms with Gasteiger partial charge in [0.2, 0.25) is 0 Å². The minimum atomic E-state index is 0.331. The molecule has 2 N–H and O–H groups in total. The first-order valence-electron chi connectivity index (χ1n) is 6.60. The Balaban J connectivity index is 2.08. The fraction of sp³-hybridized carbons (Fsp3) is 0.400. The molecule has 0 fully saturated rings. The first kappa shape index (κ1) is 13.5. The summed E-state index contributed by atoms with van der Waals surface area (Å²) in [5.41, 5.74) is 7.72. The van der Waals surface area contributed by atoms with Gasteiger partial charge in [0.25, 0.3) is 0 Å². The van der Waals surface area contributed by atoms with Crippen molar-refractivity contribution < 1.29 is 0 Å². The van der Waals surface area contributed by atoms with Crippen LogP contribution in [0.2, 0.25) is 0 Å². The largest absolute Gasteiger partial charge is 0.399 e. The number of aromatic nitrogens is 3. The number of benzene rings is 1. The highest BCUT2D eigenvalue weighted by Gasteiger charge is 2.07. The molecule has 0 bridgehead atoms. The minimum Gasteiger partial charge on any atom is -0.399 e. The first-order valence-corrected chi connectivity index (χ1v) is 6.60. The maximum atomic E-state index is 5.67. The van der Waals surface area contributed by atoms with E-state index in [2.05, 4.69) is 28.8 Å². The minimum absolute atomic E-state index is 0.331. The Labute approximate surface area is 114 Å². The molecule has 19 heavy (non-hydrogen) atoms. The van der Waals surface area contributed by atoms with Crippen LogP contribution in [0.1, 0.15) is 42.8 Å². The SMILES string of the molecule is Cc1nc(CCc2ccc(N)cc2)nc(C(C)C)n1. The van der Waals surface area contributed by atoms with Gasteiger partial charge in [-0.15, -0.1) is 0 Å². The third-order valence-corrected chi connectivity index (χ3v) is 2.94. The first-order chi connectivity index (χ1) is 9.04. The zero-order valence-corrected chi connectivity index (χ0v) is 11.7. The molecule has 0 radical (unpaired) electrons. The van der Waals surface area contributed by atoms with Crippen molar-refractivity contribution in [3.63, 3.8) is 0 Å². The van der Waals surface area contributed by atoms with Gasteiger partial charge in [-0.05, 0) is 31.0 Å². The quantitative estimate of drug-likeness (QED) is 0.854. The molecule has 0 atom stereocenters. The molecule has 1 aromatic heterocycles. The van der Waals surface area contributed by atoms with E-state index in [1.807, 2.05) is 31.2 Å². The van der Waals surface area contributed by atoms with Crippen LogP contribution in [0.25, 0.3) is 0 Å². The Morgan fingerprint density at radius 3 is 2.32 bits per heavy atom. The Morgan fingerprint density at radius 1 is 1.00 bits per heavy atom. The molecule has 0 saturated heterocycles. The fourth-order valence-electron chi connectivity index (χ4n) is 1.87. The number of aryl methyl sites for hydroxylation is 3. The van der Waals surface area contributed by atoms with Gasteiger partial charge in [0.15, 0.2) is 0 Å². The van der Waals surface area contributed by atoms with Crippen molar-refractivity contribution in [2.24, 2.45) is 0 Å². The van der Waals surface area contributed by atoms with Crippen LogP contribution in [0.4, 0.5) is 5.69 Å². The second kappa shape index (κ2) is 5.78. The summed E-state index contributed by atoms with van der Waals surface area (Å²) in [6, 6.07) is 7.94. The summed E-state index contributed by atoms with van der Waals surface area (Å²) in [6.45, 7) is 6.11. The smallest absolute Gasteiger partial charge is 0.135 e. The van der Waals surface area contributed by atoms with Crippen LogP contribution in [0.5, 0.6) is 0 Å². The average molecular weight is 256 g/mol. The van der Waals surface area contributed by atoms with Gasteiger partial charge in [-0.2, -0.15) is 0 Å². The molecule has 100 valence electrons. The second-order valence-corrected chi connectivity index (χ2v) is 5.05. The number of anilines is 1. The standard InChI is InChI=1S/C15H20N4/c1-10(2)15-18-11(3)17-14(19-15)9-6-12-4-7-13(16)8-5-12/h4-5,7-8,10H,6,9,16H2,1-3H3. The van der Waals surface area contributed by atoms with Crippen LogP contribution in [0.15, 0.2) is 24.3 Å². The summed E-state index contributed by atoms with van der Waals surface area (Å²) in [5.74, 6) is 2.87. The van der Waals surface area contributed by atoms with Crippen molar-refractivity contribution >= 4 is 5.69 Å². The lowest BCUT2D eigenvalue weighted by atomic mass is 10.1. The van der Waals surface area contributed by atoms with Crippen LogP contribution in [0.3, 0.4) is 0 Å². The van der Waals surface area contributed by atoms with Gasteiger partial charge in [-0.1, -0.05) is 26.0 Å². The number of nitrogens with zero attached hydrogens (tertiary/aromatic N) is 3. The number of nitrogens with two attached hydrogens (primary N) is 1. The Hall–Kier alpha value is -1.97. The number of hydrogen-bond acceptors (Lipinski definition) is 4. The molecule has 0 aliphatic heterocycles. The van der Waals surface area contributed by atoms with E-state index < -0.39 is 0 Å². The van der Waals surface area contributed by atoms with Gasteiger partial charge in [0.1, 0.15) is 17.5 Å². The van der Waals surface area contributed by atoms with Gasteiger partial charge in [0.05, 0.1) is 0 Å². The highest BCUT2D eigenvalue weighted by atomic mass is 15.0. The summed E-state index contributed by atoms with van der Waals surface area (Å²) in [7, 11) is 0. The molecule has 0 spiro atoms. The molecule has 4 heteroatoms. The molecule has 0 saturated carbocycles. The van der Waals surface area contributed by atoms with E-state index in [-0.39, 0.29) is 0 Å². The third kappa shape index (κ3) is 3.74. The number of nitrogen functional groups attached to an aromatic ring is 1. The van der Waals surface area contributed by atoms with Crippen LogP contribution in [-0.2, 0) is 12.8 Å². The maximum absolute atomic E-state index is 5.67. The summed E-state index contributed by atoms with van der Waals surface area (Å²) in [4.78, 5) is 13.3. The van der Waals surface area contributed by atoms with Gasteiger partial charge < -0.3 is 5.73 Å². The lowest BCUT2D eigenvalue weighted by Gasteiger charge is -2.07. The van der Waals surface area contributed by atoms with Gasteiger partial charge in [-0.3, -0.25) is 0 Å². The van der Waals surface area contributed by atoms with E-state index in [0.29, 0.717) is 5.92 Å². The highest BCUT2D eigenvalue weighted by Crippen LogP contribution is 2.11. The van der Waals surface area contributed by atoms with Crippen molar-refractivity contribution in [3.05, 3.63) is 47.3 Å². The third-order valence-electron chi connectivity index (χ3n) is 2.94. The van der Waals surface area contributed by atoms with Crippen LogP contribution in [-0.4, -0.2) is 15.0 Å². The lowest BCUT2D eigenvalue weighted by Crippen LogP contribution is -2.07. The van der Waals surface area contributed by atoms with Crippen molar-refractivity contribution in [1.29, 1.82) is 0 Å². The molecule has 0 aliphatic carbocycles. The molecule has 2 rings (SSSR count). The van der Waals surface area contributed by atoms with E-state index in [1.165, 1.54) is 5.56 Å². The van der Waals surface area contributed by atoms with E-state index >= 15 is 0 Å². The summed E-state index contributed by atoms with van der Waals surface area (Å²) in [6.07, 6.45) is 1.74. The summed E-state index contributed by atoms with van der Waals surface area (Å²) in [5, 5.41) is 0. The monoisotopic (exact) mass is 256 g/mol. The average Bonchev–Trinajstić information content (AvgIpc) is 2.37. The van der Waals surface area contributed by atoms with E-state index in [0.717, 1.165) is 36.0 Å². The van der Waals surface area contributed by atoms with Gasteiger partial charge in [0, 0.05) is 18.0 Å². The Bertz CT molecular complexity index is 547. The predicted octanol–water partition coefficient (Wildman–Crippen LogP) is 2.67. The van der Waals surface area contributed by atoms with Crippen LogP contribution < -0.4 is 5.73 Å². The van der Waals surface area contributed by atoms with Crippen molar-refractivity contribution in [2.45, 2.75) is 39.5 Å². The molecule has 0 unspecified atom stereocenters. The normalized spacial score (nSPS) is 10.9. The van der Waals surface area contributed by atoms with E-state index in [4.69, 9.17) is 5.73 Å². The zero-order chi connectivity index (χ0) is 13.8.